The number of methoxy groups -OCH3 is 1. The molecule has 19 heavy (non-hydrogen) atoms. The van der Waals surface area contributed by atoms with Gasteiger partial charge in [0.15, 0.2) is 0 Å². The monoisotopic (exact) mass is 266 g/mol. The minimum atomic E-state index is 0.522. The maximum Gasteiger partial charge on any atom is 0.203 e. The van der Waals surface area contributed by atoms with E-state index in [1.807, 2.05) is 6.92 Å². The number of nitrogens with zero attached hydrogens (tertiary/aromatic N) is 3. The molecule has 1 fully saturated rings. The Balaban J connectivity index is 1.98. The molecule has 5 heteroatoms. The molecule has 1 aromatic rings. The second kappa shape index (κ2) is 6.39. The first kappa shape index (κ1) is 14.3. The third kappa shape index (κ3) is 3.70. The van der Waals surface area contributed by atoms with Crippen LogP contribution in [0, 0.1) is 6.92 Å². The Hall–Kier alpha value is -1.07. The van der Waals surface area contributed by atoms with Crippen molar-refractivity contribution in [2.45, 2.75) is 45.3 Å². The molecule has 108 valence electrons. The van der Waals surface area contributed by atoms with E-state index in [0.717, 1.165) is 24.7 Å². The van der Waals surface area contributed by atoms with Gasteiger partial charge in [0.25, 0.3) is 0 Å². The summed E-state index contributed by atoms with van der Waals surface area (Å²) in [6.07, 6.45) is 4.43. The van der Waals surface area contributed by atoms with Crippen LogP contribution in [0.25, 0.3) is 0 Å². The van der Waals surface area contributed by atoms with Crippen LogP contribution >= 0.6 is 0 Å². The van der Waals surface area contributed by atoms with Crippen molar-refractivity contribution in [3.05, 3.63) is 11.9 Å². The Labute approximate surface area is 116 Å². The lowest BCUT2D eigenvalue weighted by Gasteiger charge is -2.35. The van der Waals surface area contributed by atoms with E-state index in [9.17, 15) is 0 Å². The smallest absolute Gasteiger partial charge is 0.203 e. The van der Waals surface area contributed by atoms with E-state index in [1.54, 1.807) is 7.11 Å². The molecule has 0 aromatic carbocycles. The van der Waals surface area contributed by atoms with Crippen molar-refractivity contribution < 1.29 is 4.74 Å². The molecule has 0 aliphatic carbocycles. The largest absolute Gasteiger partial charge is 0.383 e. The van der Waals surface area contributed by atoms with E-state index in [0.29, 0.717) is 18.7 Å². The van der Waals surface area contributed by atoms with Gasteiger partial charge in [0, 0.05) is 38.5 Å². The van der Waals surface area contributed by atoms with Crippen LogP contribution in [-0.2, 0) is 11.3 Å². The summed E-state index contributed by atoms with van der Waals surface area (Å²) in [6.45, 7) is 7.04. The Morgan fingerprint density at radius 3 is 3.00 bits per heavy atom. The molecule has 0 bridgehead atoms. The molecule has 1 aromatic heterocycles. The van der Waals surface area contributed by atoms with Crippen LogP contribution in [0.1, 0.15) is 25.5 Å². The van der Waals surface area contributed by atoms with Gasteiger partial charge in [-0.05, 0) is 33.7 Å². The molecule has 1 saturated heterocycles. The molecule has 0 spiro atoms. The minimum Gasteiger partial charge on any atom is -0.383 e. The number of likely N-dealkylation sites (tertiary alicyclic amines) is 1. The second-order valence-electron chi connectivity index (χ2n) is 5.59. The molecule has 1 aliphatic rings. The van der Waals surface area contributed by atoms with Crippen LogP contribution in [-0.4, -0.2) is 53.8 Å². The van der Waals surface area contributed by atoms with Crippen LogP contribution in [0.3, 0.4) is 0 Å². The average molecular weight is 266 g/mol. The minimum absolute atomic E-state index is 0.522. The number of nitrogens with one attached hydrogen (secondary N) is 1. The quantitative estimate of drug-likeness (QED) is 0.881. The van der Waals surface area contributed by atoms with E-state index in [-0.39, 0.29) is 0 Å². The van der Waals surface area contributed by atoms with Crippen molar-refractivity contribution in [3.63, 3.8) is 0 Å². The lowest BCUT2D eigenvalue weighted by atomic mass is 9.99. The standard InChI is InChI=1S/C14H26N4O/c1-11-10-18(7-8-19-4)14(15-11)16-13-5-6-17(3)12(2)9-13/h10,12-13H,5-9H2,1-4H3,(H,15,16). The number of ether oxygens (including phenoxy) is 1. The fourth-order valence-electron chi connectivity index (χ4n) is 2.63. The van der Waals surface area contributed by atoms with E-state index in [1.165, 1.54) is 12.8 Å². The number of hydrogen-bond donors (Lipinski definition) is 1. The van der Waals surface area contributed by atoms with Crippen molar-refractivity contribution in [1.29, 1.82) is 0 Å². The van der Waals surface area contributed by atoms with Crippen LogP contribution in [0.5, 0.6) is 0 Å². The van der Waals surface area contributed by atoms with E-state index in [4.69, 9.17) is 4.74 Å². The number of rotatable bonds is 5. The molecule has 0 radical (unpaired) electrons. The van der Waals surface area contributed by atoms with Gasteiger partial charge in [-0.25, -0.2) is 4.98 Å². The lowest BCUT2D eigenvalue weighted by Crippen LogP contribution is -2.43. The third-order valence-electron chi connectivity index (χ3n) is 3.97. The fraction of sp³-hybridized carbons (Fsp3) is 0.786. The zero-order valence-corrected chi connectivity index (χ0v) is 12.5. The van der Waals surface area contributed by atoms with Crippen molar-refractivity contribution in [2.75, 3.05) is 32.6 Å². The Morgan fingerprint density at radius 1 is 1.53 bits per heavy atom. The summed E-state index contributed by atoms with van der Waals surface area (Å²) >= 11 is 0. The fourth-order valence-corrected chi connectivity index (χ4v) is 2.63. The maximum atomic E-state index is 5.15. The first-order chi connectivity index (χ1) is 9.10. The van der Waals surface area contributed by atoms with Gasteiger partial charge in [-0.1, -0.05) is 0 Å². The summed E-state index contributed by atoms with van der Waals surface area (Å²) in [5, 5.41) is 3.60. The summed E-state index contributed by atoms with van der Waals surface area (Å²) in [4.78, 5) is 7.00. The molecule has 2 heterocycles. The van der Waals surface area contributed by atoms with Gasteiger partial charge in [0.05, 0.1) is 12.3 Å². The van der Waals surface area contributed by atoms with Gasteiger partial charge in [-0.15, -0.1) is 0 Å². The summed E-state index contributed by atoms with van der Waals surface area (Å²) in [7, 11) is 3.93. The summed E-state index contributed by atoms with van der Waals surface area (Å²) < 4.78 is 7.30. The highest BCUT2D eigenvalue weighted by Gasteiger charge is 2.23. The van der Waals surface area contributed by atoms with Crippen molar-refractivity contribution in [2.24, 2.45) is 0 Å². The molecule has 2 unspecified atom stereocenters. The number of imidazole rings is 1. The number of piperidine rings is 1. The summed E-state index contributed by atoms with van der Waals surface area (Å²) in [5.41, 5.74) is 1.06. The lowest BCUT2D eigenvalue weighted by molar-refractivity contribution is 0.185. The van der Waals surface area contributed by atoms with E-state index < -0.39 is 0 Å². The zero-order chi connectivity index (χ0) is 13.8. The van der Waals surface area contributed by atoms with E-state index >= 15 is 0 Å². The molecule has 2 atom stereocenters. The number of aromatic nitrogens is 2. The van der Waals surface area contributed by atoms with Crippen LogP contribution < -0.4 is 5.32 Å². The van der Waals surface area contributed by atoms with Gasteiger partial charge in [-0.3, -0.25) is 0 Å². The predicted octanol–water partition coefficient (Wildman–Crippen LogP) is 1.73. The highest BCUT2D eigenvalue weighted by atomic mass is 16.5. The summed E-state index contributed by atoms with van der Waals surface area (Å²) in [6, 6.07) is 1.16. The highest BCUT2D eigenvalue weighted by Crippen LogP contribution is 2.19. The first-order valence-corrected chi connectivity index (χ1v) is 7.09. The van der Waals surface area contributed by atoms with Gasteiger partial charge in [-0.2, -0.15) is 0 Å². The second-order valence-corrected chi connectivity index (χ2v) is 5.59. The van der Waals surface area contributed by atoms with E-state index in [2.05, 4.69) is 39.9 Å². The Bertz CT molecular complexity index is 404. The third-order valence-corrected chi connectivity index (χ3v) is 3.97. The van der Waals surface area contributed by atoms with Crippen LogP contribution in [0.2, 0.25) is 0 Å². The van der Waals surface area contributed by atoms with Crippen molar-refractivity contribution >= 4 is 5.95 Å². The number of hydrogen-bond acceptors (Lipinski definition) is 4. The SMILES string of the molecule is COCCn1cc(C)nc1NC1CCN(C)C(C)C1. The van der Waals surface area contributed by atoms with Gasteiger partial charge in [0.1, 0.15) is 0 Å². The van der Waals surface area contributed by atoms with Gasteiger partial charge >= 0.3 is 0 Å². The maximum absolute atomic E-state index is 5.15. The van der Waals surface area contributed by atoms with Crippen LogP contribution in [0.4, 0.5) is 5.95 Å². The zero-order valence-electron chi connectivity index (χ0n) is 12.5. The van der Waals surface area contributed by atoms with Gasteiger partial charge < -0.3 is 19.5 Å². The molecule has 1 N–H and O–H groups in total. The summed E-state index contributed by atoms with van der Waals surface area (Å²) in [5.74, 6) is 0.983. The molecular weight excluding hydrogens is 240 g/mol. The molecule has 0 saturated carbocycles. The number of anilines is 1. The molecule has 1 aliphatic heterocycles. The van der Waals surface area contributed by atoms with Crippen molar-refractivity contribution in [3.8, 4) is 0 Å². The van der Waals surface area contributed by atoms with Crippen LogP contribution in [0.15, 0.2) is 6.20 Å². The Kier molecular flexibility index (Phi) is 4.82. The Morgan fingerprint density at radius 2 is 2.32 bits per heavy atom. The first-order valence-electron chi connectivity index (χ1n) is 7.09. The molecule has 5 nitrogen and oxygen atoms in total. The molecule has 0 amide bonds. The topological polar surface area (TPSA) is 42.3 Å². The normalized spacial score (nSPS) is 24.6. The predicted molar refractivity (Wildman–Crippen MR) is 77.6 cm³/mol. The molecular formula is C14H26N4O. The average Bonchev–Trinajstić information content (AvgIpc) is 2.71. The van der Waals surface area contributed by atoms with Gasteiger partial charge in [0.2, 0.25) is 5.95 Å². The van der Waals surface area contributed by atoms with Crippen molar-refractivity contribution in [1.82, 2.24) is 14.5 Å². The molecule has 2 rings (SSSR count). The highest BCUT2D eigenvalue weighted by molar-refractivity contribution is 5.30. The number of aryl methyl sites for hydroxylation is 1.